The Kier molecular flexibility index (Phi) is 3.37. The number of rotatable bonds is 4. The first-order chi connectivity index (χ1) is 6.41. The molecule has 0 unspecified atom stereocenters. The molecule has 0 saturated carbocycles. The maximum atomic E-state index is 12.4. The molecule has 1 rings (SSSR count). The number of halogens is 2. The van der Waals surface area contributed by atoms with Crippen molar-refractivity contribution in [3.8, 4) is 0 Å². The Balaban J connectivity index is 2.19. The predicted molar refractivity (Wildman–Crippen MR) is 50.4 cm³/mol. The third-order valence-electron chi connectivity index (χ3n) is 2.12. The Bertz CT molecular complexity index is 241. The van der Waals surface area contributed by atoms with Crippen LogP contribution in [0, 0.1) is 5.92 Å². The SMILES string of the molecule is CC(C)C(=O)/C=C/CN1CC(F)(F)C1. The second-order valence-electron chi connectivity index (χ2n) is 3.99. The molecular formula is C10H15F2NO. The molecule has 1 aliphatic heterocycles. The van der Waals surface area contributed by atoms with Gasteiger partial charge >= 0.3 is 0 Å². The summed E-state index contributed by atoms with van der Waals surface area (Å²) in [5.74, 6) is -2.50. The third-order valence-corrected chi connectivity index (χ3v) is 2.12. The number of alkyl halides is 2. The van der Waals surface area contributed by atoms with Crippen molar-refractivity contribution in [3.63, 3.8) is 0 Å². The molecule has 1 heterocycles. The topological polar surface area (TPSA) is 20.3 Å². The normalized spacial score (nSPS) is 21.5. The van der Waals surface area contributed by atoms with Crippen LogP contribution in [-0.2, 0) is 4.79 Å². The molecule has 0 N–H and O–H groups in total. The molecule has 14 heavy (non-hydrogen) atoms. The van der Waals surface area contributed by atoms with Gasteiger partial charge in [-0.1, -0.05) is 19.9 Å². The van der Waals surface area contributed by atoms with E-state index in [1.807, 2.05) is 13.8 Å². The number of nitrogens with zero attached hydrogens (tertiary/aromatic N) is 1. The second-order valence-corrected chi connectivity index (χ2v) is 3.99. The zero-order chi connectivity index (χ0) is 10.8. The van der Waals surface area contributed by atoms with Crippen LogP contribution in [0.2, 0.25) is 0 Å². The van der Waals surface area contributed by atoms with Gasteiger partial charge in [-0.15, -0.1) is 0 Å². The molecule has 80 valence electrons. The van der Waals surface area contributed by atoms with Crippen molar-refractivity contribution in [2.24, 2.45) is 5.92 Å². The molecule has 0 aliphatic carbocycles. The summed E-state index contributed by atoms with van der Waals surface area (Å²) in [6.07, 6.45) is 3.12. The molecule has 2 nitrogen and oxygen atoms in total. The highest BCUT2D eigenvalue weighted by atomic mass is 19.3. The molecule has 0 spiro atoms. The minimum absolute atomic E-state index is 0.0240. The van der Waals surface area contributed by atoms with Crippen LogP contribution in [0.25, 0.3) is 0 Å². The summed E-state index contributed by atoms with van der Waals surface area (Å²) in [6.45, 7) is 3.68. The minimum atomic E-state index is -2.52. The standard InChI is InChI=1S/C10H15F2NO/c1-8(2)9(14)4-3-5-13-6-10(11,12)7-13/h3-4,8H,5-7H2,1-2H3/b4-3+. The second kappa shape index (κ2) is 4.17. The molecule has 0 amide bonds. The van der Waals surface area contributed by atoms with E-state index in [4.69, 9.17) is 0 Å². The van der Waals surface area contributed by atoms with E-state index < -0.39 is 5.92 Å². The van der Waals surface area contributed by atoms with Crippen molar-refractivity contribution in [2.45, 2.75) is 19.8 Å². The lowest BCUT2D eigenvalue weighted by Crippen LogP contribution is -2.55. The van der Waals surface area contributed by atoms with Crippen LogP contribution in [0.1, 0.15) is 13.8 Å². The summed E-state index contributed by atoms with van der Waals surface area (Å²) >= 11 is 0. The minimum Gasteiger partial charge on any atom is -0.295 e. The molecule has 0 aromatic rings. The van der Waals surface area contributed by atoms with Gasteiger partial charge < -0.3 is 0 Å². The number of hydrogen-bond acceptors (Lipinski definition) is 2. The van der Waals surface area contributed by atoms with Crippen molar-refractivity contribution in [1.82, 2.24) is 4.90 Å². The highest BCUT2D eigenvalue weighted by Crippen LogP contribution is 2.25. The molecule has 0 aromatic heterocycles. The van der Waals surface area contributed by atoms with Gasteiger partial charge in [0.25, 0.3) is 5.92 Å². The van der Waals surface area contributed by atoms with Crippen LogP contribution >= 0.6 is 0 Å². The van der Waals surface area contributed by atoms with E-state index in [-0.39, 0.29) is 24.8 Å². The zero-order valence-electron chi connectivity index (χ0n) is 8.46. The van der Waals surface area contributed by atoms with Gasteiger partial charge in [-0.2, -0.15) is 0 Å². The van der Waals surface area contributed by atoms with Crippen LogP contribution in [0.5, 0.6) is 0 Å². The lowest BCUT2D eigenvalue weighted by Gasteiger charge is -2.37. The lowest BCUT2D eigenvalue weighted by molar-refractivity contribution is -0.126. The molecule has 0 radical (unpaired) electrons. The van der Waals surface area contributed by atoms with E-state index in [1.165, 1.54) is 6.08 Å². The highest BCUT2D eigenvalue weighted by molar-refractivity contribution is 5.91. The fourth-order valence-electron chi connectivity index (χ4n) is 1.25. The third kappa shape index (κ3) is 3.18. The van der Waals surface area contributed by atoms with E-state index in [9.17, 15) is 13.6 Å². The van der Waals surface area contributed by atoms with E-state index in [2.05, 4.69) is 0 Å². The average Bonchev–Trinajstić information content (AvgIpc) is 2.00. The Hall–Kier alpha value is -0.770. The first kappa shape index (κ1) is 11.3. The van der Waals surface area contributed by atoms with Crippen molar-refractivity contribution < 1.29 is 13.6 Å². The van der Waals surface area contributed by atoms with E-state index in [1.54, 1.807) is 11.0 Å². The first-order valence-corrected chi connectivity index (χ1v) is 4.71. The van der Waals surface area contributed by atoms with Gasteiger partial charge in [0.05, 0.1) is 13.1 Å². The number of carbonyl (C=O) groups is 1. The quantitative estimate of drug-likeness (QED) is 0.648. The van der Waals surface area contributed by atoms with Crippen molar-refractivity contribution >= 4 is 5.78 Å². The Morgan fingerprint density at radius 2 is 2.07 bits per heavy atom. The fraction of sp³-hybridized carbons (Fsp3) is 0.700. The Morgan fingerprint density at radius 1 is 1.50 bits per heavy atom. The van der Waals surface area contributed by atoms with E-state index >= 15 is 0 Å². The molecule has 0 aromatic carbocycles. The number of allylic oxidation sites excluding steroid dienone is 1. The zero-order valence-corrected chi connectivity index (χ0v) is 8.46. The number of ketones is 1. The monoisotopic (exact) mass is 203 g/mol. The molecule has 0 bridgehead atoms. The van der Waals surface area contributed by atoms with E-state index in [0.29, 0.717) is 6.54 Å². The van der Waals surface area contributed by atoms with Crippen LogP contribution in [-0.4, -0.2) is 36.2 Å². The maximum Gasteiger partial charge on any atom is 0.272 e. The number of carbonyl (C=O) groups excluding carboxylic acids is 1. The number of hydrogen-bond donors (Lipinski definition) is 0. The first-order valence-electron chi connectivity index (χ1n) is 4.71. The van der Waals surface area contributed by atoms with E-state index in [0.717, 1.165) is 0 Å². The lowest BCUT2D eigenvalue weighted by atomic mass is 10.1. The Morgan fingerprint density at radius 3 is 2.50 bits per heavy atom. The molecule has 0 atom stereocenters. The maximum absolute atomic E-state index is 12.4. The molecule has 1 fully saturated rings. The van der Waals surface area contributed by atoms with Gasteiger partial charge in [0.1, 0.15) is 0 Å². The molecule has 1 aliphatic rings. The van der Waals surface area contributed by atoms with Gasteiger partial charge in [-0.05, 0) is 6.08 Å². The van der Waals surface area contributed by atoms with Crippen LogP contribution in [0.3, 0.4) is 0 Å². The van der Waals surface area contributed by atoms with Gasteiger partial charge in [-0.25, -0.2) is 8.78 Å². The fourth-order valence-corrected chi connectivity index (χ4v) is 1.25. The van der Waals surface area contributed by atoms with Crippen LogP contribution in [0.15, 0.2) is 12.2 Å². The predicted octanol–water partition coefficient (Wildman–Crippen LogP) is 1.72. The van der Waals surface area contributed by atoms with Gasteiger partial charge in [-0.3, -0.25) is 9.69 Å². The summed E-state index contributed by atoms with van der Waals surface area (Å²) in [7, 11) is 0. The largest absolute Gasteiger partial charge is 0.295 e. The van der Waals surface area contributed by atoms with Crippen molar-refractivity contribution in [2.75, 3.05) is 19.6 Å². The van der Waals surface area contributed by atoms with Crippen molar-refractivity contribution in [3.05, 3.63) is 12.2 Å². The van der Waals surface area contributed by atoms with Crippen molar-refractivity contribution in [1.29, 1.82) is 0 Å². The van der Waals surface area contributed by atoms with Gasteiger partial charge in [0.2, 0.25) is 0 Å². The van der Waals surface area contributed by atoms with Gasteiger partial charge in [0, 0.05) is 12.5 Å². The number of likely N-dealkylation sites (tertiary alicyclic amines) is 1. The summed E-state index contributed by atoms with van der Waals surface area (Å²) in [6, 6.07) is 0. The summed E-state index contributed by atoms with van der Waals surface area (Å²) in [5, 5.41) is 0. The average molecular weight is 203 g/mol. The molecule has 4 heteroatoms. The highest BCUT2D eigenvalue weighted by Gasteiger charge is 2.42. The molecule has 1 saturated heterocycles. The summed E-state index contributed by atoms with van der Waals surface area (Å²) in [5.41, 5.74) is 0. The van der Waals surface area contributed by atoms with Crippen LogP contribution in [0.4, 0.5) is 8.78 Å². The smallest absolute Gasteiger partial charge is 0.272 e. The Labute approximate surface area is 82.6 Å². The van der Waals surface area contributed by atoms with Gasteiger partial charge in [0.15, 0.2) is 5.78 Å². The van der Waals surface area contributed by atoms with Crippen LogP contribution < -0.4 is 0 Å². The molecular weight excluding hydrogens is 188 g/mol. The summed E-state index contributed by atoms with van der Waals surface area (Å²) < 4.78 is 24.7. The summed E-state index contributed by atoms with van der Waals surface area (Å²) in [4.78, 5) is 12.7.